The molecule has 0 spiro atoms. The summed E-state index contributed by atoms with van der Waals surface area (Å²) in [5.41, 5.74) is 23.5. The lowest BCUT2D eigenvalue weighted by molar-refractivity contribution is 0.108. The molecular formula is C94H74N6. The van der Waals surface area contributed by atoms with Crippen LogP contribution in [0.2, 0.25) is 0 Å². The Morgan fingerprint density at radius 3 is 1.31 bits per heavy atom. The molecule has 6 nitrogen and oxygen atoms in total. The molecule has 0 saturated heterocycles. The van der Waals surface area contributed by atoms with Gasteiger partial charge in [-0.3, -0.25) is 0 Å². The van der Waals surface area contributed by atoms with Crippen LogP contribution in [0.3, 0.4) is 0 Å². The minimum atomic E-state index is -0.657. The van der Waals surface area contributed by atoms with Gasteiger partial charge in [-0.1, -0.05) is 306 Å². The second-order valence-electron chi connectivity index (χ2n) is 27.1. The van der Waals surface area contributed by atoms with Gasteiger partial charge in [0.25, 0.3) is 0 Å². The van der Waals surface area contributed by atoms with E-state index in [9.17, 15) is 0 Å². The van der Waals surface area contributed by atoms with E-state index in [4.69, 9.17) is 21.5 Å². The number of benzene rings is 13. The molecule has 17 rings (SSSR count). The Morgan fingerprint density at radius 1 is 0.400 bits per heavy atom. The van der Waals surface area contributed by atoms with Crippen LogP contribution in [0, 0.1) is 11.3 Å². The lowest BCUT2D eigenvalue weighted by Gasteiger charge is -2.56. The molecule has 16 aromatic rings. The van der Waals surface area contributed by atoms with Crippen molar-refractivity contribution in [3.05, 3.63) is 351 Å². The van der Waals surface area contributed by atoms with Gasteiger partial charge in [-0.15, -0.1) is 0 Å². The van der Waals surface area contributed by atoms with Gasteiger partial charge in [0.2, 0.25) is 0 Å². The Hall–Kier alpha value is -12.3. The van der Waals surface area contributed by atoms with Crippen LogP contribution in [0.25, 0.3) is 145 Å². The number of nitrogens with one attached hydrogen (secondary N) is 1. The van der Waals surface area contributed by atoms with Crippen LogP contribution < -0.4 is 5.32 Å². The van der Waals surface area contributed by atoms with Crippen LogP contribution in [0.15, 0.2) is 340 Å². The summed E-state index contributed by atoms with van der Waals surface area (Å²) in [6, 6.07) is 118. The average molecular weight is 1290 g/mol. The normalized spacial score (nSPS) is 15.3. The molecule has 1 aliphatic carbocycles. The summed E-state index contributed by atoms with van der Waals surface area (Å²) in [4.78, 5) is 15.6. The van der Waals surface area contributed by atoms with Crippen molar-refractivity contribution in [3.8, 4) is 89.8 Å². The number of para-hydroxylation sites is 3. The van der Waals surface area contributed by atoms with E-state index < -0.39 is 5.54 Å². The van der Waals surface area contributed by atoms with Gasteiger partial charge in [-0.2, -0.15) is 0 Å². The first-order valence-corrected chi connectivity index (χ1v) is 34.8. The number of nitrogens with zero attached hydrogens (tertiary/aromatic N) is 5. The lowest BCUT2D eigenvalue weighted by atomic mass is 9.54. The zero-order valence-electron chi connectivity index (χ0n) is 56.6. The molecule has 0 amide bonds. The van der Waals surface area contributed by atoms with E-state index in [1.807, 2.05) is 36.4 Å². The molecule has 1 aliphatic rings. The molecule has 4 atom stereocenters. The molecule has 0 fully saturated rings. The molecular weight excluding hydrogens is 1210 g/mol. The van der Waals surface area contributed by atoms with Gasteiger partial charge < -0.3 is 14.5 Å². The third-order valence-corrected chi connectivity index (χ3v) is 21.5. The summed E-state index contributed by atoms with van der Waals surface area (Å²) in [5, 5.41) is 8.79. The summed E-state index contributed by atoms with van der Waals surface area (Å²) in [6.07, 6.45) is 2.59. The van der Waals surface area contributed by atoms with Crippen molar-refractivity contribution >= 4 is 60.4 Å². The molecule has 0 bridgehead atoms. The van der Waals surface area contributed by atoms with Crippen molar-refractivity contribution in [1.82, 2.24) is 24.1 Å². The SMILES string of the molecule is C=C(c1ccccc1)C(C)(C(C)[C@@]1(C)C=C(c2ccccc2)[C@H]1n1c2ccccc2c2ccccc21)n1c2ccccc2c2cc(-c3cccc(-c4ccc(-c5cc(-c6nc(-c7ccccc7)nc(-c7ccccc7)n6)cc(-c6ccc(-c7ccccc7)cc6)c5NCC)cc4)c3)ccc21. The number of aromatic nitrogens is 5. The smallest absolute Gasteiger partial charge is 0.164 e. The Bertz CT molecular complexity index is 5670. The monoisotopic (exact) mass is 1290 g/mol. The quantitative estimate of drug-likeness (QED) is 0.0987. The maximum absolute atomic E-state index is 5.25. The van der Waals surface area contributed by atoms with Gasteiger partial charge in [0, 0.05) is 89.1 Å². The summed E-state index contributed by atoms with van der Waals surface area (Å²) in [7, 11) is 0. The first-order chi connectivity index (χ1) is 49.1. The minimum absolute atomic E-state index is 0.000668. The van der Waals surface area contributed by atoms with E-state index in [0.717, 1.165) is 90.1 Å². The second-order valence-corrected chi connectivity index (χ2v) is 27.1. The fraction of sp³-hybridized carbons (Fsp3) is 0.0957. The molecule has 480 valence electrons. The third-order valence-electron chi connectivity index (χ3n) is 21.5. The number of allylic oxidation sites excluding steroid dienone is 3. The molecule has 6 heteroatoms. The number of rotatable bonds is 17. The topological polar surface area (TPSA) is 60.6 Å². The summed E-state index contributed by atoms with van der Waals surface area (Å²) < 4.78 is 5.30. The Kier molecular flexibility index (Phi) is 15.5. The highest BCUT2D eigenvalue weighted by Gasteiger charge is 2.56. The standard InChI is InChI=1S/C94H74N6/c1-6-95-88-80(69-51-47-66(48-52-69)65-31-14-8-15-32-65)59-76(92-97-90(71-35-18-10-19-36-71)96-91(98-92)72-37-20-11-21-38-72)60-81(88)70-53-49-67(50-54-70)73-39-28-40-74(57-73)75-55-56-87-82(58-75)79-43-24-27-46-86(79)100(87)94(5,62(2)64-29-12-7-13-30-64)63(3)93(4)61-83(68-33-16-9-17-34-68)89(93)99-84-44-25-22-41-77(84)78-42-23-26-45-85(78)99/h7-61,63,89,95H,2,6H2,1,3-5H3/t63?,89-,93-,94?/m1/s1. The molecule has 1 N–H and O–H groups in total. The van der Waals surface area contributed by atoms with Crippen LogP contribution >= 0.6 is 0 Å². The number of hydrogen-bond donors (Lipinski definition) is 1. The van der Waals surface area contributed by atoms with Gasteiger partial charge >= 0.3 is 0 Å². The van der Waals surface area contributed by atoms with Crippen molar-refractivity contribution in [3.63, 3.8) is 0 Å². The van der Waals surface area contributed by atoms with E-state index in [1.54, 1.807) is 0 Å². The summed E-state index contributed by atoms with van der Waals surface area (Å²) in [5.74, 6) is 1.83. The zero-order valence-corrected chi connectivity index (χ0v) is 56.6. The highest BCUT2D eigenvalue weighted by atomic mass is 15.1. The molecule has 3 heterocycles. The van der Waals surface area contributed by atoms with Crippen LogP contribution in [-0.4, -0.2) is 30.6 Å². The Labute approximate surface area is 584 Å². The van der Waals surface area contributed by atoms with Crippen LogP contribution in [0.4, 0.5) is 5.69 Å². The van der Waals surface area contributed by atoms with Crippen LogP contribution in [0.1, 0.15) is 44.9 Å². The maximum atomic E-state index is 5.25. The third kappa shape index (κ3) is 10.5. The van der Waals surface area contributed by atoms with Crippen LogP contribution in [0.5, 0.6) is 0 Å². The highest BCUT2D eigenvalue weighted by molar-refractivity contribution is 6.11. The first kappa shape index (κ1) is 61.3. The highest BCUT2D eigenvalue weighted by Crippen LogP contribution is 2.64. The van der Waals surface area contributed by atoms with E-state index >= 15 is 0 Å². The summed E-state index contributed by atoms with van der Waals surface area (Å²) >= 11 is 0. The van der Waals surface area contributed by atoms with E-state index in [0.29, 0.717) is 17.5 Å². The zero-order chi connectivity index (χ0) is 67.5. The van der Waals surface area contributed by atoms with Crippen LogP contribution in [-0.2, 0) is 5.54 Å². The molecule has 0 saturated carbocycles. The van der Waals surface area contributed by atoms with Crippen molar-refractivity contribution in [1.29, 1.82) is 0 Å². The van der Waals surface area contributed by atoms with Gasteiger partial charge in [-0.05, 0) is 135 Å². The molecule has 0 aliphatic heterocycles. The number of fused-ring (bicyclic) bond motifs is 6. The lowest BCUT2D eigenvalue weighted by Crippen LogP contribution is -2.52. The fourth-order valence-electron chi connectivity index (χ4n) is 16.1. The predicted octanol–water partition coefficient (Wildman–Crippen LogP) is 24.3. The van der Waals surface area contributed by atoms with Crippen molar-refractivity contribution in [2.24, 2.45) is 11.3 Å². The molecule has 100 heavy (non-hydrogen) atoms. The average Bonchev–Trinajstić information content (AvgIpc) is 1.33. The predicted molar refractivity (Wildman–Crippen MR) is 420 cm³/mol. The first-order valence-electron chi connectivity index (χ1n) is 34.8. The van der Waals surface area contributed by atoms with Crippen molar-refractivity contribution < 1.29 is 0 Å². The van der Waals surface area contributed by atoms with E-state index in [1.165, 1.54) is 60.3 Å². The van der Waals surface area contributed by atoms with Gasteiger partial charge in [0.1, 0.15) is 0 Å². The van der Waals surface area contributed by atoms with Crippen molar-refractivity contribution in [2.45, 2.75) is 39.3 Å². The molecule has 0 radical (unpaired) electrons. The molecule has 13 aromatic carbocycles. The van der Waals surface area contributed by atoms with Crippen molar-refractivity contribution in [2.75, 3.05) is 11.9 Å². The Balaban J connectivity index is 0.766. The largest absolute Gasteiger partial charge is 0.384 e. The maximum Gasteiger partial charge on any atom is 0.164 e. The number of hydrogen-bond acceptors (Lipinski definition) is 4. The van der Waals surface area contributed by atoms with E-state index in [-0.39, 0.29) is 17.4 Å². The molecule has 2 unspecified atom stereocenters. The molecule has 3 aromatic heterocycles. The second kappa shape index (κ2) is 25.3. The van der Waals surface area contributed by atoms with Gasteiger partial charge in [-0.25, -0.2) is 15.0 Å². The van der Waals surface area contributed by atoms with E-state index in [2.05, 4.69) is 339 Å². The van der Waals surface area contributed by atoms with Gasteiger partial charge in [0.05, 0.1) is 11.6 Å². The number of anilines is 1. The summed E-state index contributed by atoms with van der Waals surface area (Å²) in [6.45, 7) is 15.5. The minimum Gasteiger partial charge on any atom is -0.384 e. The van der Waals surface area contributed by atoms with Gasteiger partial charge in [0.15, 0.2) is 17.5 Å². The Morgan fingerprint density at radius 2 is 0.780 bits per heavy atom. The fourth-order valence-corrected chi connectivity index (χ4v) is 16.1.